The van der Waals surface area contributed by atoms with Gasteiger partial charge in [0.05, 0.1) is 0 Å². The highest BCUT2D eigenvalue weighted by Gasteiger charge is 2.16. The van der Waals surface area contributed by atoms with Gasteiger partial charge in [-0.05, 0) is 44.7 Å². The minimum Gasteiger partial charge on any atom is -0.381 e. The highest BCUT2D eigenvalue weighted by molar-refractivity contribution is 4.77. The van der Waals surface area contributed by atoms with E-state index in [1.54, 1.807) is 0 Å². The zero-order chi connectivity index (χ0) is 9.64. The predicted molar refractivity (Wildman–Crippen MR) is 57.4 cm³/mol. The predicted octanol–water partition coefficient (Wildman–Crippen LogP) is 0.755. The fourth-order valence-electron chi connectivity index (χ4n) is 2.36. The summed E-state index contributed by atoms with van der Waals surface area (Å²) in [6.07, 6.45) is 5.17. The molecule has 82 valence electrons. The molecule has 0 amide bonds. The molecule has 2 heterocycles. The van der Waals surface area contributed by atoms with Gasteiger partial charge in [0.15, 0.2) is 0 Å². The van der Waals surface area contributed by atoms with Gasteiger partial charge in [0, 0.05) is 25.8 Å². The van der Waals surface area contributed by atoms with E-state index in [0.717, 1.165) is 31.7 Å². The lowest BCUT2D eigenvalue weighted by atomic mass is 9.96. The minimum absolute atomic E-state index is 0.731. The molecule has 0 bridgehead atoms. The van der Waals surface area contributed by atoms with Crippen LogP contribution in [0.2, 0.25) is 0 Å². The Morgan fingerprint density at radius 3 is 2.79 bits per heavy atom. The van der Waals surface area contributed by atoms with Crippen molar-refractivity contribution in [3.05, 3.63) is 0 Å². The van der Waals surface area contributed by atoms with Crippen LogP contribution in [0.3, 0.4) is 0 Å². The van der Waals surface area contributed by atoms with E-state index < -0.39 is 0 Å². The van der Waals surface area contributed by atoms with Gasteiger partial charge in [-0.25, -0.2) is 0 Å². The Balaban J connectivity index is 1.52. The smallest absolute Gasteiger partial charge is 0.0468 e. The van der Waals surface area contributed by atoms with E-state index in [1.807, 2.05) is 0 Å². The zero-order valence-electron chi connectivity index (χ0n) is 8.93. The molecule has 1 atom stereocenters. The molecule has 3 heteroatoms. The molecule has 0 spiro atoms. The fourth-order valence-corrected chi connectivity index (χ4v) is 2.36. The second-order valence-electron chi connectivity index (χ2n) is 4.49. The first kappa shape index (κ1) is 10.4. The molecule has 0 aromatic carbocycles. The summed E-state index contributed by atoms with van der Waals surface area (Å²) in [7, 11) is 0. The molecule has 0 saturated carbocycles. The maximum Gasteiger partial charge on any atom is 0.0468 e. The van der Waals surface area contributed by atoms with Crippen LogP contribution in [0.15, 0.2) is 0 Å². The zero-order valence-corrected chi connectivity index (χ0v) is 8.93. The van der Waals surface area contributed by atoms with Crippen molar-refractivity contribution in [2.75, 3.05) is 32.8 Å². The van der Waals surface area contributed by atoms with Crippen LogP contribution >= 0.6 is 0 Å². The summed E-state index contributed by atoms with van der Waals surface area (Å²) in [5.74, 6) is 0.908. The quantitative estimate of drug-likeness (QED) is 0.699. The van der Waals surface area contributed by atoms with Crippen molar-refractivity contribution in [1.82, 2.24) is 10.6 Å². The van der Waals surface area contributed by atoms with Crippen LogP contribution in [-0.4, -0.2) is 38.9 Å². The second-order valence-corrected chi connectivity index (χ2v) is 4.49. The number of rotatable bonds is 4. The molecule has 3 nitrogen and oxygen atoms in total. The van der Waals surface area contributed by atoms with E-state index >= 15 is 0 Å². The molecule has 0 aromatic heterocycles. The average Bonchev–Trinajstić information content (AvgIpc) is 2.72. The van der Waals surface area contributed by atoms with Gasteiger partial charge in [0.1, 0.15) is 0 Å². The Morgan fingerprint density at radius 1 is 1.21 bits per heavy atom. The summed E-state index contributed by atoms with van der Waals surface area (Å²) < 4.78 is 5.35. The number of hydrogen-bond acceptors (Lipinski definition) is 3. The Kier molecular flexibility index (Phi) is 4.22. The van der Waals surface area contributed by atoms with Crippen molar-refractivity contribution in [1.29, 1.82) is 0 Å². The maximum atomic E-state index is 5.35. The normalized spacial score (nSPS) is 29.6. The lowest BCUT2D eigenvalue weighted by molar-refractivity contribution is 0.0638. The van der Waals surface area contributed by atoms with Crippen molar-refractivity contribution >= 4 is 0 Å². The molecule has 2 aliphatic heterocycles. The number of ether oxygens (including phenoxy) is 1. The third kappa shape index (κ3) is 3.23. The molecule has 0 aromatic rings. The average molecular weight is 198 g/mol. The summed E-state index contributed by atoms with van der Waals surface area (Å²) in [6.45, 7) is 5.50. The summed E-state index contributed by atoms with van der Waals surface area (Å²) in [5, 5.41) is 7.00. The lowest BCUT2D eigenvalue weighted by Gasteiger charge is -2.22. The van der Waals surface area contributed by atoms with Gasteiger partial charge in [0.2, 0.25) is 0 Å². The van der Waals surface area contributed by atoms with Gasteiger partial charge in [0.25, 0.3) is 0 Å². The Labute approximate surface area is 86.6 Å². The van der Waals surface area contributed by atoms with E-state index in [-0.39, 0.29) is 0 Å². The van der Waals surface area contributed by atoms with E-state index in [0.29, 0.717) is 0 Å². The third-order valence-corrected chi connectivity index (χ3v) is 3.39. The highest BCUT2D eigenvalue weighted by atomic mass is 16.5. The van der Waals surface area contributed by atoms with Crippen molar-refractivity contribution in [3.8, 4) is 0 Å². The van der Waals surface area contributed by atoms with Gasteiger partial charge in [-0.2, -0.15) is 0 Å². The number of hydrogen-bond donors (Lipinski definition) is 2. The van der Waals surface area contributed by atoms with Crippen molar-refractivity contribution in [3.63, 3.8) is 0 Å². The minimum atomic E-state index is 0.731. The molecule has 2 rings (SSSR count). The van der Waals surface area contributed by atoms with E-state index in [4.69, 9.17) is 4.74 Å². The van der Waals surface area contributed by atoms with E-state index in [2.05, 4.69) is 10.6 Å². The monoisotopic (exact) mass is 198 g/mol. The molecular formula is C11H22N2O. The van der Waals surface area contributed by atoms with Gasteiger partial charge < -0.3 is 15.4 Å². The van der Waals surface area contributed by atoms with Gasteiger partial charge in [-0.3, -0.25) is 0 Å². The molecule has 2 saturated heterocycles. The van der Waals surface area contributed by atoms with Gasteiger partial charge >= 0.3 is 0 Å². The van der Waals surface area contributed by atoms with Crippen molar-refractivity contribution in [2.45, 2.75) is 31.7 Å². The molecular weight excluding hydrogens is 176 g/mol. The molecule has 1 unspecified atom stereocenters. The van der Waals surface area contributed by atoms with Crippen molar-refractivity contribution in [2.24, 2.45) is 5.92 Å². The fraction of sp³-hybridized carbons (Fsp3) is 1.00. The molecule has 14 heavy (non-hydrogen) atoms. The molecule has 0 radical (unpaired) electrons. The van der Waals surface area contributed by atoms with Crippen molar-refractivity contribution < 1.29 is 4.74 Å². The largest absolute Gasteiger partial charge is 0.381 e. The second kappa shape index (κ2) is 5.69. The third-order valence-electron chi connectivity index (χ3n) is 3.39. The van der Waals surface area contributed by atoms with Crippen LogP contribution in [-0.2, 0) is 4.74 Å². The van der Waals surface area contributed by atoms with Crippen LogP contribution < -0.4 is 10.6 Å². The van der Waals surface area contributed by atoms with Gasteiger partial charge in [-0.1, -0.05) is 0 Å². The maximum absolute atomic E-state index is 5.35. The summed E-state index contributed by atoms with van der Waals surface area (Å²) in [5.41, 5.74) is 0. The SMILES string of the molecule is C1CC(NCCC2CCOCC2)CN1. The van der Waals surface area contributed by atoms with Crippen LogP contribution in [0, 0.1) is 5.92 Å². The standard InChI is InChI=1S/C11H22N2O/c1(10-3-7-14-8-4-10)6-13-11-2-5-12-9-11/h10-13H,1-9H2. The molecule has 2 aliphatic rings. The molecule has 2 fully saturated rings. The van der Waals surface area contributed by atoms with Crippen LogP contribution in [0.25, 0.3) is 0 Å². The first-order valence-electron chi connectivity index (χ1n) is 5.97. The lowest BCUT2D eigenvalue weighted by Crippen LogP contribution is -2.33. The molecule has 2 N–H and O–H groups in total. The Hall–Kier alpha value is -0.120. The molecule has 0 aliphatic carbocycles. The van der Waals surface area contributed by atoms with E-state index in [1.165, 1.54) is 38.8 Å². The summed E-state index contributed by atoms with van der Waals surface area (Å²) in [6, 6.07) is 0.731. The van der Waals surface area contributed by atoms with Crippen LogP contribution in [0.5, 0.6) is 0 Å². The van der Waals surface area contributed by atoms with Crippen LogP contribution in [0.4, 0.5) is 0 Å². The summed E-state index contributed by atoms with van der Waals surface area (Å²) in [4.78, 5) is 0. The summed E-state index contributed by atoms with van der Waals surface area (Å²) >= 11 is 0. The Bertz CT molecular complexity index is 151. The first-order chi connectivity index (χ1) is 6.95. The highest BCUT2D eigenvalue weighted by Crippen LogP contribution is 2.17. The Morgan fingerprint density at radius 2 is 2.07 bits per heavy atom. The topological polar surface area (TPSA) is 33.3 Å². The van der Waals surface area contributed by atoms with E-state index in [9.17, 15) is 0 Å². The van der Waals surface area contributed by atoms with Gasteiger partial charge in [-0.15, -0.1) is 0 Å². The number of nitrogens with one attached hydrogen (secondary N) is 2. The van der Waals surface area contributed by atoms with Crippen LogP contribution in [0.1, 0.15) is 25.7 Å². The first-order valence-corrected chi connectivity index (χ1v) is 5.97.